The number of aliphatic carboxylic acids is 1. The van der Waals surface area contributed by atoms with Crippen molar-refractivity contribution in [3.8, 4) is 0 Å². The Morgan fingerprint density at radius 3 is 2.67 bits per heavy atom. The summed E-state index contributed by atoms with van der Waals surface area (Å²) in [4.78, 5) is 16.0. The predicted molar refractivity (Wildman–Crippen MR) is 68.2 cm³/mol. The van der Waals surface area contributed by atoms with Crippen LogP contribution in [0.1, 0.15) is 19.8 Å². The van der Waals surface area contributed by atoms with Crippen molar-refractivity contribution in [2.45, 2.75) is 37.9 Å². The van der Waals surface area contributed by atoms with E-state index in [2.05, 4.69) is 16.7 Å². The monoisotopic (exact) mass is 253 g/mol. The molecule has 4 aliphatic heterocycles. The van der Waals surface area contributed by atoms with Crippen molar-refractivity contribution in [3.05, 3.63) is 0 Å². The number of hydrogen-bond donors (Lipinski definition) is 2. The Hall–Kier alpha value is -0.650. The largest absolute Gasteiger partial charge is 0.480 e. The van der Waals surface area contributed by atoms with E-state index in [1.54, 1.807) is 0 Å². The summed E-state index contributed by atoms with van der Waals surface area (Å²) in [6, 6.07) is -0.372. The lowest BCUT2D eigenvalue weighted by Crippen LogP contribution is -2.62. The third kappa shape index (κ3) is 1.68. The molecule has 0 radical (unpaired) electrons. The zero-order valence-corrected chi connectivity index (χ0v) is 11.0. The zero-order valence-electron chi connectivity index (χ0n) is 11.0. The topological polar surface area (TPSA) is 69.8 Å². The van der Waals surface area contributed by atoms with Crippen LogP contribution in [0.3, 0.4) is 0 Å². The van der Waals surface area contributed by atoms with Crippen LogP contribution in [0, 0.1) is 11.8 Å². The number of likely N-dealkylation sites (N-methyl/N-ethyl adjacent to an activating group) is 1. The Morgan fingerprint density at radius 1 is 1.44 bits per heavy atom. The zero-order chi connectivity index (χ0) is 12.9. The molecule has 4 atom stereocenters. The second-order valence-corrected chi connectivity index (χ2v) is 5.97. The molecule has 4 unspecified atom stereocenters. The molecule has 4 saturated heterocycles. The van der Waals surface area contributed by atoms with Crippen LogP contribution in [0.25, 0.3) is 0 Å². The van der Waals surface area contributed by atoms with Gasteiger partial charge in [0.25, 0.3) is 0 Å². The van der Waals surface area contributed by atoms with Crippen molar-refractivity contribution in [2.75, 3.05) is 26.2 Å². The van der Waals surface area contributed by atoms with Gasteiger partial charge in [0.1, 0.15) is 6.04 Å². The minimum atomic E-state index is -0.859. The van der Waals surface area contributed by atoms with Gasteiger partial charge in [-0.3, -0.25) is 14.6 Å². The quantitative estimate of drug-likeness (QED) is 0.730. The lowest BCUT2D eigenvalue weighted by Gasteiger charge is -2.50. The average Bonchev–Trinajstić information content (AvgIpc) is 2.80. The van der Waals surface area contributed by atoms with E-state index in [4.69, 9.17) is 5.73 Å². The Bertz CT molecular complexity index is 341. The Kier molecular flexibility index (Phi) is 3.08. The highest BCUT2D eigenvalue weighted by Gasteiger charge is 2.54. The maximum Gasteiger partial charge on any atom is 0.322 e. The van der Waals surface area contributed by atoms with Gasteiger partial charge in [-0.1, -0.05) is 6.92 Å². The lowest BCUT2D eigenvalue weighted by atomic mass is 9.73. The van der Waals surface area contributed by atoms with Gasteiger partial charge >= 0.3 is 5.97 Å². The molecule has 0 spiro atoms. The van der Waals surface area contributed by atoms with E-state index in [-0.39, 0.29) is 6.04 Å². The molecule has 0 aliphatic carbocycles. The number of carboxylic acid groups (broad SMARTS) is 1. The average molecular weight is 253 g/mol. The highest BCUT2D eigenvalue weighted by atomic mass is 16.4. The molecular formula is C13H23N3O2. The molecule has 18 heavy (non-hydrogen) atoms. The summed E-state index contributed by atoms with van der Waals surface area (Å²) in [5.74, 6) is 0.574. The number of likely N-dealkylation sites (tertiary alicyclic amines) is 1. The van der Waals surface area contributed by atoms with E-state index in [1.807, 2.05) is 0 Å². The lowest BCUT2D eigenvalue weighted by molar-refractivity contribution is -0.141. The Labute approximate surface area is 108 Å². The summed E-state index contributed by atoms with van der Waals surface area (Å²) in [6.07, 6.45) is 2.57. The van der Waals surface area contributed by atoms with E-state index >= 15 is 0 Å². The maximum absolute atomic E-state index is 11.3. The molecule has 5 heteroatoms. The maximum atomic E-state index is 11.3. The molecule has 102 valence electrons. The van der Waals surface area contributed by atoms with Crippen molar-refractivity contribution in [1.82, 2.24) is 9.80 Å². The van der Waals surface area contributed by atoms with Crippen LogP contribution in [0.2, 0.25) is 0 Å². The number of nitrogens with zero attached hydrogens (tertiary/aromatic N) is 2. The molecule has 4 rings (SSSR count). The van der Waals surface area contributed by atoms with E-state index in [1.165, 1.54) is 12.8 Å². The van der Waals surface area contributed by atoms with Crippen molar-refractivity contribution in [1.29, 1.82) is 0 Å². The van der Waals surface area contributed by atoms with E-state index in [0.717, 1.165) is 32.1 Å². The van der Waals surface area contributed by atoms with Gasteiger partial charge in [-0.05, 0) is 44.3 Å². The molecule has 4 heterocycles. The third-order valence-corrected chi connectivity index (χ3v) is 5.32. The van der Waals surface area contributed by atoms with E-state index < -0.39 is 12.0 Å². The fourth-order valence-corrected chi connectivity index (χ4v) is 4.46. The van der Waals surface area contributed by atoms with Crippen molar-refractivity contribution in [2.24, 2.45) is 17.6 Å². The van der Waals surface area contributed by atoms with Gasteiger partial charge < -0.3 is 10.8 Å². The van der Waals surface area contributed by atoms with Crippen molar-refractivity contribution in [3.63, 3.8) is 0 Å². The van der Waals surface area contributed by atoms with Crippen LogP contribution in [-0.4, -0.2) is 65.2 Å². The molecule has 0 amide bonds. The molecule has 0 aromatic heterocycles. The van der Waals surface area contributed by atoms with Crippen LogP contribution < -0.4 is 5.73 Å². The predicted octanol–water partition coefficient (Wildman–Crippen LogP) is -0.187. The molecular weight excluding hydrogens is 230 g/mol. The van der Waals surface area contributed by atoms with E-state index in [9.17, 15) is 9.90 Å². The number of rotatable bonds is 3. The van der Waals surface area contributed by atoms with Gasteiger partial charge in [-0.2, -0.15) is 0 Å². The summed E-state index contributed by atoms with van der Waals surface area (Å²) in [5, 5.41) is 9.25. The summed E-state index contributed by atoms with van der Waals surface area (Å²) in [7, 11) is 0. The standard InChI is InChI=1S/C13H23N3O2/c1-2-15-7-9-8-3-5-16(6-4-8)11(9)12(15)10(14)13(17)18/h8-12H,2-7,14H2,1H3,(H,17,18). The van der Waals surface area contributed by atoms with Gasteiger partial charge in [0, 0.05) is 12.6 Å². The molecule has 4 aliphatic rings. The van der Waals surface area contributed by atoms with Crippen LogP contribution in [0.5, 0.6) is 0 Å². The summed E-state index contributed by atoms with van der Waals surface area (Å²) < 4.78 is 0. The van der Waals surface area contributed by atoms with Gasteiger partial charge in [-0.25, -0.2) is 0 Å². The summed E-state index contributed by atoms with van der Waals surface area (Å²) in [5.41, 5.74) is 5.96. The highest BCUT2D eigenvalue weighted by molar-refractivity contribution is 5.74. The fourth-order valence-electron chi connectivity index (χ4n) is 4.46. The molecule has 0 aromatic rings. The number of carbonyl (C=O) groups is 1. The first-order valence-corrected chi connectivity index (χ1v) is 7.10. The number of carboxylic acids is 1. The molecule has 4 fully saturated rings. The van der Waals surface area contributed by atoms with Crippen molar-refractivity contribution < 1.29 is 9.90 Å². The molecule has 0 saturated carbocycles. The van der Waals surface area contributed by atoms with Crippen LogP contribution >= 0.6 is 0 Å². The Balaban J connectivity index is 1.88. The first-order valence-electron chi connectivity index (χ1n) is 7.10. The minimum Gasteiger partial charge on any atom is -0.480 e. The SMILES string of the molecule is CCN1CC2C3CCN(CC3)C2C1C(N)C(=O)O. The second kappa shape index (κ2) is 4.47. The van der Waals surface area contributed by atoms with Crippen LogP contribution in [-0.2, 0) is 4.79 Å². The summed E-state index contributed by atoms with van der Waals surface area (Å²) in [6.45, 7) is 6.31. The summed E-state index contributed by atoms with van der Waals surface area (Å²) >= 11 is 0. The third-order valence-electron chi connectivity index (χ3n) is 5.32. The molecule has 2 bridgehead atoms. The molecule has 3 N–H and O–H groups in total. The number of nitrogens with two attached hydrogens (primary N) is 1. The smallest absolute Gasteiger partial charge is 0.322 e. The van der Waals surface area contributed by atoms with Crippen molar-refractivity contribution >= 4 is 5.97 Å². The highest BCUT2D eigenvalue weighted by Crippen LogP contribution is 2.44. The van der Waals surface area contributed by atoms with Gasteiger partial charge in [0.2, 0.25) is 0 Å². The van der Waals surface area contributed by atoms with Crippen LogP contribution in [0.4, 0.5) is 0 Å². The van der Waals surface area contributed by atoms with Gasteiger partial charge in [-0.15, -0.1) is 0 Å². The number of piperidine rings is 3. The second-order valence-electron chi connectivity index (χ2n) is 5.97. The minimum absolute atomic E-state index is 0.000556. The first kappa shape index (κ1) is 12.4. The number of fused-ring (bicyclic) bond motifs is 2. The molecule has 5 nitrogen and oxygen atoms in total. The fraction of sp³-hybridized carbons (Fsp3) is 0.923. The Morgan fingerprint density at radius 2 is 2.11 bits per heavy atom. The van der Waals surface area contributed by atoms with Gasteiger partial charge in [0.15, 0.2) is 0 Å². The molecule has 0 aromatic carbocycles. The van der Waals surface area contributed by atoms with Gasteiger partial charge in [0.05, 0.1) is 6.04 Å². The number of hydrogen-bond acceptors (Lipinski definition) is 4. The first-order chi connectivity index (χ1) is 8.63. The van der Waals surface area contributed by atoms with Crippen LogP contribution in [0.15, 0.2) is 0 Å². The normalized spacial score (nSPS) is 44.9. The van der Waals surface area contributed by atoms with E-state index in [0.29, 0.717) is 12.0 Å².